The van der Waals surface area contributed by atoms with Crippen LogP contribution in [0.4, 0.5) is 5.69 Å². The van der Waals surface area contributed by atoms with Crippen LogP contribution in [-0.2, 0) is 19.5 Å². The standard InChI is InChI=1S/C26H27N3O4/c1-32-23-13-18-11-12-29(16-19(18)14-24(23)33-2)15-17-7-9-20(10-8-17)28-26(31)22-6-4-3-5-21(22)25(27)30/h3-10,13-14H,11-12,15-16H2,1-2H3,(H2,27,30)(H,28,31). The first-order valence-corrected chi connectivity index (χ1v) is 10.7. The summed E-state index contributed by atoms with van der Waals surface area (Å²) in [5.74, 6) is 0.515. The highest BCUT2D eigenvalue weighted by atomic mass is 16.5. The number of nitrogens with two attached hydrogens (primary N) is 1. The van der Waals surface area contributed by atoms with Crippen LogP contribution in [-0.4, -0.2) is 37.5 Å². The number of methoxy groups -OCH3 is 2. The zero-order valence-corrected chi connectivity index (χ0v) is 18.8. The number of anilines is 1. The van der Waals surface area contributed by atoms with Crippen molar-refractivity contribution in [3.05, 3.63) is 88.5 Å². The minimum Gasteiger partial charge on any atom is -0.493 e. The van der Waals surface area contributed by atoms with Gasteiger partial charge in [0.25, 0.3) is 5.91 Å². The highest BCUT2D eigenvalue weighted by molar-refractivity contribution is 6.11. The van der Waals surface area contributed by atoms with E-state index in [-0.39, 0.29) is 17.0 Å². The Morgan fingerprint density at radius 2 is 1.58 bits per heavy atom. The lowest BCUT2D eigenvalue weighted by atomic mass is 9.98. The van der Waals surface area contributed by atoms with E-state index in [9.17, 15) is 9.59 Å². The lowest BCUT2D eigenvalue weighted by Crippen LogP contribution is -2.30. The van der Waals surface area contributed by atoms with Crippen LogP contribution in [0, 0.1) is 0 Å². The van der Waals surface area contributed by atoms with Crippen molar-refractivity contribution in [3.8, 4) is 11.5 Å². The Bertz CT molecular complexity index is 1170. The van der Waals surface area contributed by atoms with Crippen LogP contribution >= 0.6 is 0 Å². The molecule has 0 bridgehead atoms. The number of rotatable bonds is 7. The average Bonchev–Trinajstić information content (AvgIpc) is 2.84. The molecule has 1 aliphatic heterocycles. The fourth-order valence-electron chi connectivity index (χ4n) is 4.12. The summed E-state index contributed by atoms with van der Waals surface area (Å²) >= 11 is 0. The Kier molecular flexibility index (Phi) is 6.60. The number of ether oxygens (including phenoxy) is 2. The summed E-state index contributed by atoms with van der Waals surface area (Å²) in [6.45, 7) is 2.58. The van der Waals surface area contributed by atoms with Crippen LogP contribution in [0.2, 0.25) is 0 Å². The summed E-state index contributed by atoms with van der Waals surface area (Å²) in [5.41, 5.74) is 10.2. The van der Waals surface area contributed by atoms with Gasteiger partial charge in [0.05, 0.1) is 25.3 Å². The molecule has 3 aromatic rings. The van der Waals surface area contributed by atoms with E-state index in [0.29, 0.717) is 5.69 Å². The third-order valence-electron chi connectivity index (χ3n) is 5.85. The van der Waals surface area contributed by atoms with Gasteiger partial charge in [0.2, 0.25) is 5.91 Å². The molecule has 3 N–H and O–H groups in total. The van der Waals surface area contributed by atoms with E-state index >= 15 is 0 Å². The molecular formula is C26H27N3O4. The minimum atomic E-state index is -0.629. The maximum absolute atomic E-state index is 12.6. The highest BCUT2D eigenvalue weighted by Gasteiger charge is 2.20. The van der Waals surface area contributed by atoms with Crippen molar-refractivity contribution in [2.75, 3.05) is 26.1 Å². The second-order valence-electron chi connectivity index (χ2n) is 8.00. The average molecular weight is 446 g/mol. The number of nitrogens with zero attached hydrogens (tertiary/aromatic N) is 1. The summed E-state index contributed by atoms with van der Waals surface area (Å²) in [5, 5.41) is 2.83. The second-order valence-corrected chi connectivity index (χ2v) is 8.00. The van der Waals surface area contributed by atoms with Gasteiger partial charge in [0, 0.05) is 25.3 Å². The third-order valence-corrected chi connectivity index (χ3v) is 5.85. The van der Waals surface area contributed by atoms with E-state index < -0.39 is 5.91 Å². The van der Waals surface area contributed by atoms with Crippen molar-refractivity contribution >= 4 is 17.5 Å². The van der Waals surface area contributed by atoms with Crippen molar-refractivity contribution in [1.29, 1.82) is 0 Å². The van der Waals surface area contributed by atoms with Gasteiger partial charge < -0.3 is 20.5 Å². The number of amides is 2. The summed E-state index contributed by atoms with van der Waals surface area (Å²) in [4.78, 5) is 26.6. The maximum atomic E-state index is 12.6. The molecular weight excluding hydrogens is 418 g/mol. The molecule has 3 aromatic carbocycles. The third kappa shape index (κ3) is 4.99. The molecule has 1 heterocycles. The van der Waals surface area contributed by atoms with Crippen LogP contribution < -0.4 is 20.5 Å². The topological polar surface area (TPSA) is 93.9 Å². The van der Waals surface area contributed by atoms with Crippen LogP contribution in [0.1, 0.15) is 37.4 Å². The van der Waals surface area contributed by atoms with Gasteiger partial charge in [-0.25, -0.2) is 0 Å². The quantitative estimate of drug-likeness (QED) is 0.579. The summed E-state index contributed by atoms with van der Waals surface area (Å²) in [7, 11) is 3.31. The first-order chi connectivity index (χ1) is 16.0. The zero-order valence-electron chi connectivity index (χ0n) is 18.8. The Morgan fingerprint density at radius 3 is 2.21 bits per heavy atom. The smallest absolute Gasteiger partial charge is 0.256 e. The van der Waals surface area contributed by atoms with Crippen LogP contribution in [0.5, 0.6) is 11.5 Å². The lowest BCUT2D eigenvalue weighted by Gasteiger charge is -2.29. The van der Waals surface area contributed by atoms with E-state index in [0.717, 1.165) is 43.1 Å². The molecule has 170 valence electrons. The van der Waals surface area contributed by atoms with Crippen molar-refractivity contribution in [2.24, 2.45) is 5.73 Å². The van der Waals surface area contributed by atoms with Crippen LogP contribution in [0.3, 0.4) is 0 Å². The van der Waals surface area contributed by atoms with Crippen LogP contribution in [0.25, 0.3) is 0 Å². The number of benzene rings is 3. The normalized spacial score (nSPS) is 13.2. The summed E-state index contributed by atoms with van der Waals surface area (Å²) in [6, 6.07) is 18.4. The van der Waals surface area contributed by atoms with E-state index in [4.69, 9.17) is 15.2 Å². The predicted octanol–water partition coefficient (Wildman–Crippen LogP) is 3.61. The molecule has 0 saturated heterocycles. The van der Waals surface area contributed by atoms with Gasteiger partial charge in [0.1, 0.15) is 0 Å². The van der Waals surface area contributed by atoms with Gasteiger partial charge in [-0.15, -0.1) is 0 Å². The Hall–Kier alpha value is -3.84. The van der Waals surface area contributed by atoms with Gasteiger partial charge in [-0.1, -0.05) is 24.3 Å². The van der Waals surface area contributed by atoms with Crippen molar-refractivity contribution in [3.63, 3.8) is 0 Å². The SMILES string of the molecule is COc1cc2c(cc1OC)CN(Cc1ccc(NC(=O)c3ccccc3C(N)=O)cc1)CC2. The number of primary amides is 1. The molecule has 0 spiro atoms. The summed E-state index contributed by atoms with van der Waals surface area (Å²) in [6.07, 6.45) is 0.948. The fourth-order valence-corrected chi connectivity index (χ4v) is 4.12. The monoisotopic (exact) mass is 445 g/mol. The predicted molar refractivity (Wildman–Crippen MR) is 127 cm³/mol. The van der Waals surface area contributed by atoms with E-state index in [2.05, 4.69) is 22.3 Å². The summed E-state index contributed by atoms with van der Waals surface area (Å²) < 4.78 is 10.9. The van der Waals surface area contributed by atoms with Gasteiger partial charge >= 0.3 is 0 Å². The molecule has 0 fully saturated rings. The number of hydrogen-bond donors (Lipinski definition) is 2. The number of fused-ring (bicyclic) bond motifs is 1. The number of carbonyl (C=O) groups excluding carboxylic acids is 2. The van der Waals surface area contributed by atoms with Gasteiger partial charge in [-0.05, 0) is 59.5 Å². The van der Waals surface area contributed by atoms with E-state index in [1.54, 1.807) is 38.5 Å². The Balaban J connectivity index is 1.41. The van der Waals surface area contributed by atoms with E-state index in [1.807, 2.05) is 24.3 Å². The highest BCUT2D eigenvalue weighted by Crippen LogP contribution is 2.33. The molecule has 0 unspecified atom stereocenters. The zero-order chi connectivity index (χ0) is 23.4. The van der Waals surface area contributed by atoms with Crippen molar-refractivity contribution < 1.29 is 19.1 Å². The molecule has 0 atom stereocenters. The number of carbonyl (C=O) groups is 2. The molecule has 0 aromatic heterocycles. The number of nitrogens with one attached hydrogen (secondary N) is 1. The van der Waals surface area contributed by atoms with Crippen LogP contribution in [0.15, 0.2) is 60.7 Å². The van der Waals surface area contributed by atoms with E-state index in [1.165, 1.54) is 11.1 Å². The molecule has 0 saturated carbocycles. The molecule has 0 aliphatic carbocycles. The fraction of sp³-hybridized carbons (Fsp3) is 0.231. The molecule has 4 rings (SSSR count). The van der Waals surface area contributed by atoms with Gasteiger partial charge in [-0.3, -0.25) is 14.5 Å². The Labute approximate surface area is 193 Å². The van der Waals surface area contributed by atoms with Gasteiger partial charge in [-0.2, -0.15) is 0 Å². The molecule has 33 heavy (non-hydrogen) atoms. The molecule has 0 radical (unpaired) electrons. The molecule has 7 heteroatoms. The lowest BCUT2D eigenvalue weighted by molar-refractivity contribution is 0.0977. The first-order valence-electron chi connectivity index (χ1n) is 10.7. The second kappa shape index (κ2) is 9.75. The van der Waals surface area contributed by atoms with Gasteiger partial charge in [0.15, 0.2) is 11.5 Å². The van der Waals surface area contributed by atoms with Crippen molar-refractivity contribution in [1.82, 2.24) is 4.90 Å². The molecule has 7 nitrogen and oxygen atoms in total. The van der Waals surface area contributed by atoms with Crippen molar-refractivity contribution in [2.45, 2.75) is 19.5 Å². The minimum absolute atomic E-state index is 0.200. The number of hydrogen-bond acceptors (Lipinski definition) is 5. The Morgan fingerprint density at radius 1 is 0.939 bits per heavy atom. The molecule has 1 aliphatic rings. The maximum Gasteiger partial charge on any atom is 0.256 e. The molecule has 2 amide bonds. The first kappa shape index (κ1) is 22.4. The largest absolute Gasteiger partial charge is 0.493 e.